The third-order valence-electron chi connectivity index (χ3n) is 8.72. The molecule has 2 atom stereocenters. The summed E-state index contributed by atoms with van der Waals surface area (Å²) in [6.07, 6.45) is 8.45. The molecular weight excluding hydrogens is 506 g/mol. The average Bonchev–Trinajstić information content (AvgIpc) is 3.39. The summed E-state index contributed by atoms with van der Waals surface area (Å²) in [5.74, 6) is 0.0578. The monoisotopic (exact) mass is 543 g/mol. The summed E-state index contributed by atoms with van der Waals surface area (Å²) >= 11 is 0. The predicted octanol–water partition coefficient (Wildman–Crippen LogP) is 3.67. The van der Waals surface area contributed by atoms with Crippen molar-refractivity contribution >= 4 is 40.1 Å². The molecule has 0 bridgehead atoms. The van der Waals surface area contributed by atoms with Gasteiger partial charge in [-0.25, -0.2) is 0 Å². The highest BCUT2D eigenvalue weighted by molar-refractivity contribution is 6.07. The highest BCUT2D eigenvalue weighted by atomic mass is 35.5. The van der Waals surface area contributed by atoms with Gasteiger partial charge in [-0.05, 0) is 50.3 Å². The van der Waals surface area contributed by atoms with E-state index >= 15 is 0 Å². The average molecular weight is 544 g/mol. The summed E-state index contributed by atoms with van der Waals surface area (Å²) in [5, 5.41) is 6.05. The fraction of sp³-hybridized carbons (Fsp3) is 0.607. The van der Waals surface area contributed by atoms with Gasteiger partial charge in [0.05, 0.1) is 34.8 Å². The highest BCUT2D eigenvalue weighted by Crippen LogP contribution is 2.31. The number of benzene rings is 1. The van der Waals surface area contributed by atoms with Crippen molar-refractivity contribution in [1.29, 1.82) is 0 Å². The molecule has 1 amide bonds. The topological polar surface area (TPSA) is 92.7 Å². The van der Waals surface area contributed by atoms with Gasteiger partial charge in [-0.15, -0.1) is 12.4 Å². The van der Waals surface area contributed by atoms with E-state index in [1.54, 1.807) is 6.20 Å². The summed E-state index contributed by atoms with van der Waals surface area (Å²) in [6.45, 7) is 6.50. The number of hydrogen-bond acceptors (Lipinski definition) is 6. The number of fused-ring (bicyclic) bond motifs is 3. The number of rotatable bonds is 4. The lowest BCUT2D eigenvalue weighted by atomic mass is 9.90. The molecule has 38 heavy (non-hydrogen) atoms. The van der Waals surface area contributed by atoms with Gasteiger partial charge in [0.25, 0.3) is 11.5 Å². The highest BCUT2D eigenvalue weighted by Gasteiger charge is 2.33. The smallest absolute Gasteiger partial charge is 0.259 e. The number of halogens is 1. The lowest BCUT2D eigenvalue weighted by Gasteiger charge is -2.43. The first-order valence-electron chi connectivity index (χ1n) is 13.7. The molecule has 206 valence electrons. The Morgan fingerprint density at radius 2 is 1.79 bits per heavy atom. The molecule has 0 unspecified atom stereocenters. The van der Waals surface area contributed by atoms with Crippen molar-refractivity contribution in [1.82, 2.24) is 24.6 Å². The summed E-state index contributed by atoms with van der Waals surface area (Å²) in [6, 6.07) is 4.54. The Morgan fingerprint density at radius 1 is 1.05 bits per heavy atom. The second-order valence-corrected chi connectivity index (χ2v) is 10.8. The molecule has 1 N–H and O–H groups in total. The molecule has 2 aliphatic heterocycles. The summed E-state index contributed by atoms with van der Waals surface area (Å²) < 4.78 is 13.3. The van der Waals surface area contributed by atoms with Gasteiger partial charge in [-0.1, -0.05) is 12.8 Å². The van der Waals surface area contributed by atoms with Crippen LogP contribution in [0.3, 0.4) is 0 Å². The van der Waals surface area contributed by atoms with Crippen LogP contribution in [0.15, 0.2) is 23.1 Å². The minimum atomic E-state index is -0.146. The molecule has 3 aliphatic rings. The number of methoxy groups -OCH3 is 1. The van der Waals surface area contributed by atoms with Crippen LogP contribution in [0, 0.1) is 6.92 Å². The summed E-state index contributed by atoms with van der Waals surface area (Å²) in [7, 11) is 1.82. The van der Waals surface area contributed by atoms with Crippen molar-refractivity contribution in [2.45, 2.75) is 63.6 Å². The molecule has 0 radical (unpaired) electrons. The molecule has 3 aromatic rings. The number of aromatic nitrogens is 3. The van der Waals surface area contributed by atoms with Crippen LogP contribution < -0.4 is 5.56 Å². The van der Waals surface area contributed by atoms with Crippen LogP contribution in [-0.4, -0.2) is 89.1 Å². The lowest BCUT2D eigenvalue weighted by Crippen LogP contribution is -2.55. The number of nitrogens with one attached hydrogen (secondary N) is 1. The number of carbonyl (C=O) groups is 1. The van der Waals surface area contributed by atoms with E-state index in [1.165, 1.54) is 19.3 Å². The maximum absolute atomic E-state index is 13.8. The Hall–Kier alpha value is -2.46. The molecule has 1 aliphatic carbocycles. The Balaban J connectivity index is 0.00000294. The normalized spacial score (nSPS) is 23.6. The summed E-state index contributed by atoms with van der Waals surface area (Å²) in [4.78, 5) is 34.1. The van der Waals surface area contributed by atoms with Crippen molar-refractivity contribution in [2.75, 3.05) is 46.5 Å². The van der Waals surface area contributed by atoms with Gasteiger partial charge in [-0.3, -0.25) is 19.2 Å². The third kappa shape index (κ3) is 4.85. The van der Waals surface area contributed by atoms with Crippen molar-refractivity contribution in [2.24, 2.45) is 0 Å². The van der Waals surface area contributed by atoms with Crippen LogP contribution in [0.4, 0.5) is 0 Å². The number of nitrogens with zero attached hydrogens (tertiary/aromatic N) is 4. The molecule has 1 saturated carbocycles. The van der Waals surface area contributed by atoms with Gasteiger partial charge in [0, 0.05) is 63.5 Å². The SMILES string of the molecule is CO[C@H]1CCCC[C@H]1N1CCN(C(=O)c2cc3c(cc2C)[nH]c(=O)c2cnn(C4CCOCC4)c23)CC1.Cl. The number of hydrogen-bond donors (Lipinski definition) is 1. The number of aryl methyl sites for hydroxylation is 1. The quantitative estimate of drug-likeness (QED) is 0.540. The van der Waals surface area contributed by atoms with E-state index in [9.17, 15) is 9.59 Å². The maximum atomic E-state index is 13.8. The first kappa shape index (κ1) is 27.1. The second-order valence-electron chi connectivity index (χ2n) is 10.8. The zero-order valence-electron chi connectivity index (χ0n) is 22.3. The molecule has 10 heteroatoms. The van der Waals surface area contributed by atoms with E-state index in [1.807, 2.05) is 35.7 Å². The standard InChI is InChI=1S/C28H37N5O4.ClH/c1-18-15-23-21(26-22(27(34)30-23)17-29-33(26)19-7-13-37-14-8-19)16-20(18)28(35)32-11-9-31(10-12-32)24-5-3-4-6-25(24)36-2;/h15-17,19,24-25H,3-14H2,1-2H3,(H,30,34);1H/t24-,25+;/m1./s1. The first-order valence-corrected chi connectivity index (χ1v) is 13.7. The zero-order valence-corrected chi connectivity index (χ0v) is 23.1. The Labute approximate surface area is 228 Å². The van der Waals surface area contributed by atoms with E-state index in [0.29, 0.717) is 49.4 Å². The molecule has 3 fully saturated rings. The van der Waals surface area contributed by atoms with Crippen molar-refractivity contribution in [3.63, 3.8) is 0 Å². The molecular formula is C28H38ClN5O4. The number of pyridine rings is 1. The van der Waals surface area contributed by atoms with E-state index in [-0.39, 0.29) is 29.9 Å². The molecule has 9 nitrogen and oxygen atoms in total. The second kappa shape index (κ2) is 11.3. The number of ether oxygens (including phenoxy) is 2. The van der Waals surface area contributed by atoms with E-state index in [4.69, 9.17) is 9.47 Å². The maximum Gasteiger partial charge on any atom is 0.259 e. The van der Waals surface area contributed by atoms with E-state index in [0.717, 1.165) is 54.3 Å². The van der Waals surface area contributed by atoms with Crippen molar-refractivity contribution < 1.29 is 14.3 Å². The van der Waals surface area contributed by atoms with Gasteiger partial charge in [0.1, 0.15) is 0 Å². The number of carbonyl (C=O) groups excluding carboxylic acids is 1. The zero-order chi connectivity index (χ0) is 25.5. The molecule has 4 heterocycles. The van der Waals surface area contributed by atoms with Crippen LogP contribution >= 0.6 is 12.4 Å². The van der Waals surface area contributed by atoms with Crippen molar-refractivity contribution in [3.05, 3.63) is 39.8 Å². The molecule has 0 spiro atoms. The van der Waals surface area contributed by atoms with Gasteiger partial charge < -0.3 is 19.4 Å². The summed E-state index contributed by atoms with van der Waals surface area (Å²) in [5.41, 5.74) is 2.98. The number of aromatic amines is 1. The third-order valence-corrected chi connectivity index (χ3v) is 8.72. The largest absolute Gasteiger partial charge is 0.381 e. The molecule has 2 saturated heterocycles. The fourth-order valence-electron chi connectivity index (χ4n) is 6.63. The van der Waals surface area contributed by atoms with Crippen molar-refractivity contribution in [3.8, 4) is 0 Å². The van der Waals surface area contributed by atoms with Crippen LogP contribution in [0.2, 0.25) is 0 Å². The van der Waals surface area contributed by atoms with Gasteiger partial charge in [0.15, 0.2) is 0 Å². The molecule has 6 rings (SSSR count). The van der Waals surface area contributed by atoms with Crippen LogP contribution in [0.1, 0.15) is 60.5 Å². The van der Waals surface area contributed by atoms with E-state index in [2.05, 4.69) is 15.0 Å². The van der Waals surface area contributed by atoms with Gasteiger partial charge in [-0.2, -0.15) is 5.10 Å². The Kier molecular flexibility index (Phi) is 8.09. The number of piperazine rings is 1. The minimum Gasteiger partial charge on any atom is -0.381 e. The van der Waals surface area contributed by atoms with Crippen LogP contribution in [0.25, 0.3) is 21.8 Å². The molecule has 1 aromatic carbocycles. The Bertz CT molecular complexity index is 1360. The predicted molar refractivity (Wildman–Crippen MR) is 149 cm³/mol. The fourth-order valence-corrected chi connectivity index (χ4v) is 6.63. The van der Waals surface area contributed by atoms with Crippen LogP contribution in [0.5, 0.6) is 0 Å². The van der Waals surface area contributed by atoms with Gasteiger partial charge in [0.2, 0.25) is 0 Å². The minimum absolute atomic E-state index is 0. The lowest BCUT2D eigenvalue weighted by molar-refractivity contribution is -0.0249. The molecule has 2 aromatic heterocycles. The Morgan fingerprint density at radius 3 is 2.53 bits per heavy atom. The van der Waals surface area contributed by atoms with Crippen LogP contribution in [-0.2, 0) is 9.47 Å². The number of amides is 1. The first-order chi connectivity index (χ1) is 18.0. The number of H-pyrrole nitrogens is 1. The van der Waals surface area contributed by atoms with E-state index < -0.39 is 0 Å². The van der Waals surface area contributed by atoms with Gasteiger partial charge >= 0.3 is 0 Å².